The standard InChI is InChI=1S/C29H30ClN7O2/c1-5-25(38)33-23-12-13-24(39-4)26(27(23)37-16-21(17-37)36(2)3)34-29-31-15-22(30)28(35-29)32-20-11-10-18-8-6-7-9-19(18)14-20/h5-15,21H,1,16-17H2,2-4H3,(H,33,38)(H2,31,32,34,35). The first-order valence-corrected chi connectivity index (χ1v) is 12.8. The lowest BCUT2D eigenvalue weighted by atomic mass is 10.0. The van der Waals surface area contributed by atoms with Crippen LogP contribution in [0.5, 0.6) is 5.75 Å². The molecule has 1 aliphatic heterocycles. The smallest absolute Gasteiger partial charge is 0.247 e. The van der Waals surface area contributed by atoms with Crippen molar-refractivity contribution in [2.24, 2.45) is 0 Å². The number of benzene rings is 3. The fraction of sp³-hybridized carbons (Fsp3) is 0.207. The molecule has 0 bridgehead atoms. The Morgan fingerprint density at radius 3 is 2.62 bits per heavy atom. The fourth-order valence-electron chi connectivity index (χ4n) is 4.47. The van der Waals surface area contributed by atoms with Gasteiger partial charge in [-0.1, -0.05) is 48.5 Å². The van der Waals surface area contributed by atoms with Crippen molar-refractivity contribution in [1.29, 1.82) is 0 Å². The van der Waals surface area contributed by atoms with Crippen LogP contribution in [0, 0.1) is 0 Å². The number of methoxy groups -OCH3 is 1. The lowest BCUT2D eigenvalue weighted by Gasteiger charge is -2.45. The van der Waals surface area contributed by atoms with E-state index in [4.69, 9.17) is 16.3 Å². The monoisotopic (exact) mass is 543 g/mol. The molecule has 200 valence electrons. The van der Waals surface area contributed by atoms with Gasteiger partial charge in [0.15, 0.2) is 5.82 Å². The van der Waals surface area contributed by atoms with E-state index < -0.39 is 0 Å². The van der Waals surface area contributed by atoms with Crippen molar-refractivity contribution >= 4 is 62.8 Å². The van der Waals surface area contributed by atoms with E-state index in [0.29, 0.717) is 40.0 Å². The highest BCUT2D eigenvalue weighted by atomic mass is 35.5. The maximum Gasteiger partial charge on any atom is 0.247 e. The number of hydrogen-bond donors (Lipinski definition) is 3. The van der Waals surface area contributed by atoms with Crippen LogP contribution >= 0.6 is 11.6 Å². The number of rotatable bonds is 9. The van der Waals surface area contributed by atoms with E-state index in [1.54, 1.807) is 19.4 Å². The van der Waals surface area contributed by atoms with Crippen molar-refractivity contribution in [3.63, 3.8) is 0 Å². The van der Waals surface area contributed by atoms with Crippen molar-refractivity contribution in [2.75, 3.05) is 55.1 Å². The highest BCUT2D eigenvalue weighted by molar-refractivity contribution is 6.33. The van der Waals surface area contributed by atoms with Gasteiger partial charge in [0.1, 0.15) is 16.5 Å². The van der Waals surface area contributed by atoms with Crippen molar-refractivity contribution in [1.82, 2.24) is 14.9 Å². The minimum absolute atomic E-state index is 0.304. The predicted molar refractivity (Wildman–Crippen MR) is 159 cm³/mol. The van der Waals surface area contributed by atoms with Crippen LogP contribution in [0.15, 0.2) is 73.4 Å². The van der Waals surface area contributed by atoms with E-state index in [0.717, 1.165) is 35.2 Å². The summed E-state index contributed by atoms with van der Waals surface area (Å²) in [6, 6.07) is 18.2. The number of carbonyl (C=O) groups excluding carboxylic acids is 1. The SMILES string of the molecule is C=CC(=O)Nc1ccc(OC)c(Nc2ncc(Cl)c(Nc3ccc4ccccc4c3)n2)c1N1CC(N(C)C)C1. The van der Waals surface area contributed by atoms with E-state index in [2.05, 4.69) is 68.5 Å². The molecule has 39 heavy (non-hydrogen) atoms. The highest BCUT2D eigenvalue weighted by Gasteiger charge is 2.33. The van der Waals surface area contributed by atoms with Gasteiger partial charge in [-0.3, -0.25) is 4.79 Å². The Balaban J connectivity index is 1.49. The van der Waals surface area contributed by atoms with Crippen molar-refractivity contribution < 1.29 is 9.53 Å². The molecule has 2 heterocycles. The number of fused-ring (bicyclic) bond motifs is 1. The Labute approximate surface area is 232 Å². The van der Waals surface area contributed by atoms with Crippen LogP contribution in [0.3, 0.4) is 0 Å². The largest absolute Gasteiger partial charge is 0.494 e. The second-order valence-electron chi connectivity index (χ2n) is 9.46. The molecule has 1 amide bonds. The van der Waals surface area contributed by atoms with Gasteiger partial charge in [-0.15, -0.1) is 0 Å². The summed E-state index contributed by atoms with van der Waals surface area (Å²) in [5.41, 5.74) is 2.90. The van der Waals surface area contributed by atoms with E-state index in [-0.39, 0.29) is 5.91 Å². The van der Waals surface area contributed by atoms with Crippen molar-refractivity contribution in [3.05, 3.63) is 78.5 Å². The average molecular weight is 544 g/mol. The third-order valence-electron chi connectivity index (χ3n) is 6.70. The molecule has 1 aliphatic rings. The molecule has 3 aromatic carbocycles. The summed E-state index contributed by atoms with van der Waals surface area (Å²) in [4.78, 5) is 25.7. The maximum atomic E-state index is 12.2. The number of carbonyl (C=O) groups is 1. The minimum Gasteiger partial charge on any atom is -0.494 e. The zero-order valence-electron chi connectivity index (χ0n) is 22.0. The molecule has 1 fully saturated rings. The van der Waals surface area contributed by atoms with Gasteiger partial charge in [0, 0.05) is 24.8 Å². The number of likely N-dealkylation sites (N-methyl/N-ethyl adjacent to an activating group) is 1. The Kier molecular flexibility index (Phi) is 7.53. The summed E-state index contributed by atoms with van der Waals surface area (Å²) >= 11 is 6.47. The summed E-state index contributed by atoms with van der Waals surface area (Å²) in [6.45, 7) is 5.14. The highest BCUT2D eigenvalue weighted by Crippen LogP contribution is 2.44. The predicted octanol–water partition coefficient (Wildman–Crippen LogP) is 5.65. The van der Waals surface area contributed by atoms with Gasteiger partial charge in [0.25, 0.3) is 0 Å². The average Bonchev–Trinajstić information content (AvgIpc) is 2.90. The van der Waals surface area contributed by atoms with Gasteiger partial charge in [0.2, 0.25) is 11.9 Å². The first-order valence-electron chi connectivity index (χ1n) is 12.5. The molecule has 1 saturated heterocycles. The fourth-order valence-corrected chi connectivity index (χ4v) is 4.61. The van der Waals surface area contributed by atoms with E-state index in [9.17, 15) is 4.79 Å². The molecule has 0 radical (unpaired) electrons. The summed E-state index contributed by atoms with van der Waals surface area (Å²) in [7, 11) is 5.71. The Bertz CT molecular complexity index is 1540. The van der Waals surface area contributed by atoms with Crippen LogP contribution in [0.4, 0.5) is 34.5 Å². The molecular formula is C29H30ClN7O2. The topological polar surface area (TPSA) is 94.6 Å². The molecule has 4 aromatic rings. The van der Waals surface area contributed by atoms with Gasteiger partial charge in [-0.25, -0.2) is 4.98 Å². The third-order valence-corrected chi connectivity index (χ3v) is 6.98. The van der Waals surface area contributed by atoms with Gasteiger partial charge in [-0.2, -0.15) is 4.98 Å². The summed E-state index contributed by atoms with van der Waals surface area (Å²) in [6.07, 6.45) is 2.79. The molecule has 0 unspecified atom stereocenters. The van der Waals surface area contributed by atoms with Crippen LogP contribution in [-0.2, 0) is 4.79 Å². The van der Waals surface area contributed by atoms with Crippen LogP contribution in [-0.4, -0.2) is 61.1 Å². The van der Waals surface area contributed by atoms with Gasteiger partial charge in [-0.05, 0) is 55.2 Å². The first kappa shape index (κ1) is 26.3. The van der Waals surface area contributed by atoms with Gasteiger partial charge >= 0.3 is 0 Å². The maximum absolute atomic E-state index is 12.2. The molecule has 0 aliphatic carbocycles. The molecule has 9 nitrogen and oxygen atoms in total. The Hall–Kier alpha value is -4.34. The second kappa shape index (κ2) is 11.2. The molecule has 10 heteroatoms. The number of aromatic nitrogens is 2. The number of nitrogens with one attached hydrogen (secondary N) is 3. The number of ether oxygens (including phenoxy) is 1. The molecule has 0 saturated carbocycles. The number of nitrogens with zero attached hydrogens (tertiary/aromatic N) is 4. The molecule has 1 aromatic heterocycles. The van der Waals surface area contributed by atoms with Crippen molar-refractivity contribution in [3.8, 4) is 5.75 Å². The summed E-state index contributed by atoms with van der Waals surface area (Å²) < 4.78 is 5.70. The molecule has 5 rings (SSSR count). The zero-order chi connectivity index (χ0) is 27.5. The Morgan fingerprint density at radius 1 is 1.13 bits per heavy atom. The molecule has 0 spiro atoms. The van der Waals surface area contributed by atoms with E-state index in [1.165, 1.54) is 6.08 Å². The normalized spacial score (nSPS) is 13.2. The number of amides is 1. The second-order valence-corrected chi connectivity index (χ2v) is 9.86. The van der Waals surface area contributed by atoms with Gasteiger partial charge < -0.3 is 30.5 Å². The van der Waals surface area contributed by atoms with Crippen molar-refractivity contribution in [2.45, 2.75) is 6.04 Å². The Morgan fingerprint density at radius 2 is 1.90 bits per heavy atom. The molecule has 3 N–H and O–H groups in total. The lowest BCUT2D eigenvalue weighted by molar-refractivity contribution is -0.111. The van der Waals surface area contributed by atoms with E-state index >= 15 is 0 Å². The minimum atomic E-state index is -0.304. The van der Waals surface area contributed by atoms with Crippen LogP contribution in [0.1, 0.15) is 0 Å². The summed E-state index contributed by atoms with van der Waals surface area (Å²) in [5, 5.41) is 12.2. The first-order chi connectivity index (χ1) is 18.9. The molecular weight excluding hydrogens is 514 g/mol. The lowest BCUT2D eigenvalue weighted by Crippen LogP contribution is -2.57. The third kappa shape index (κ3) is 5.59. The number of halogens is 1. The summed E-state index contributed by atoms with van der Waals surface area (Å²) in [5.74, 6) is 1.05. The zero-order valence-corrected chi connectivity index (χ0v) is 22.8. The number of anilines is 6. The number of hydrogen-bond acceptors (Lipinski definition) is 8. The van der Waals surface area contributed by atoms with Gasteiger partial charge in [0.05, 0.1) is 24.7 Å². The van der Waals surface area contributed by atoms with E-state index in [1.807, 2.05) is 36.4 Å². The quantitative estimate of drug-likeness (QED) is 0.233. The van der Waals surface area contributed by atoms with Crippen LogP contribution < -0.4 is 25.6 Å². The molecule has 0 atom stereocenters. The van der Waals surface area contributed by atoms with Crippen LogP contribution in [0.2, 0.25) is 5.02 Å². The van der Waals surface area contributed by atoms with Crippen LogP contribution in [0.25, 0.3) is 10.8 Å².